The fourth-order valence-electron chi connectivity index (χ4n) is 7.53. The van der Waals surface area contributed by atoms with Gasteiger partial charge in [0.1, 0.15) is 5.82 Å². The number of hydrogen-bond acceptors (Lipinski definition) is 6. The van der Waals surface area contributed by atoms with Crippen molar-refractivity contribution in [2.75, 3.05) is 16.9 Å². The quantitative estimate of drug-likeness (QED) is 0.139. The molecular formula is C33H23Cl3FIN2O6. The third-order valence-corrected chi connectivity index (χ3v) is 12.1. The first-order valence-electron chi connectivity index (χ1n) is 14.3. The summed E-state index contributed by atoms with van der Waals surface area (Å²) in [6.45, 7) is 0. The minimum atomic E-state index is -2.11. The summed E-state index contributed by atoms with van der Waals surface area (Å²) in [5, 5.41) is 11.1. The number of ether oxygens (including phenoxy) is 1. The molecule has 4 amide bonds. The Morgan fingerprint density at radius 1 is 0.913 bits per heavy atom. The molecule has 6 atom stereocenters. The SMILES string of the molecule is COc1cc(C2C3=CCC4C(=O)N(c5ccc(Cl)cc5)C(=O)C4C3CC3(Cl)C(=O)N(c4ccc(F)cc4)C(=O)C23Cl)cc(I)c1O. The number of rotatable bonds is 4. The average Bonchev–Trinajstić information content (AvgIpc) is 3.37. The second-order valence-corrected chi connectivity index (χ2v) is 14.6. The zero-order valence-electron chi connectivity index (χ0n) is 23.8. The van der Waals surface area contributed by atoms with Crippen LogP contribution in [0.3, 0.4) is 0 Å². The average molecular weight is 796 g/mol. The van der Waals surface area contributed by atoms with Gasteiger partial charge in [0, 0.05) is 10.9 Å². The van der Waals surface area contributed by atoms with Gasteiger partial charge in [0.2, 0.25) is 11.8 Å². The van der Waals surface area contributed by atoms with Crippen molar-refractivity contribution in [2.45, 2.75) is 28.5 Å². The molecule has 3 aromatic rings. The fraction of sp³-hybridized carbons (Fsp3) is 0.273. The second-order valence-electron chi connectivity index (χ2n) is 11.8. The molecule has 2 aliphatic heterocycles. The lowest BCUT2D eigenvalue weighted by molar-refractivity contribution is -0.125. The van der Waals surface area contributed by atoms with Crippen molar-refractivity contribution in [3.05, 3.63) is 92.3 Å². The van der Waals surface area contributed by atoms with Crippen LogP contribution in [0.5, 0.6) is 11.5 Å². The number of aromatic hydroxyl groups is 1. The molecule has 2 heterocycles. The van der Waals surface area contributed by atoms with Gasteiger partial charge in [0.15, 0.2) is 21.2 Å². The van der Waals surface area contributed by atoms with E-state index in [-0.39, 0.29) is 30.0 Å². The number of allylic oxidation sites excluding steroid dienone is 2. The van der Waals surface area contributed by atoms with Gasteiger partial charge in [0.25, 0.3) is 11.8 Å². The van der Waals surface area contributed by atoms with E-state index in [9.17, 15) is 28.7 Å². The third-order valence-electron chi connectivity index (χ3n) is 9.58. The number of halogens is 5. The topological polar surface area (TPSA) is 104 Å². The Bertz CT molecular complexity index is 1890. The van der Waals surface area contributed by atoms with E-state index in [0.717, 1.165) is 21.9 Å². The van der Waals surface area contributed by atoms with Gasteiger partial charge in [-0.3, -0.25) is 24.1 Å². The number of phenols is 1. The largest absolute Gasteiger partial charge is 0.504 e. The summed E-state index contributed by atoms with van der Waals surface area (Å²) in [6, 6.07) is 14.3. The number of nitrogens with zero attached hydrogens (tertiary/aromatic N) is 2. The maximum Gasteiger partial charge on any atom is 0.258 e. The van der Waals surface area contributed by atoms with Crippen LogP contribution >= 0.6 is 57.4 Å². The second kappa shape index (κ2) is 10.9. The Balaban J connectivity index is 1.42. The molecule has 0 radical (unpaired) electrons. The molecule has 0 spiro atoms. The molecule has 0 aromatic heterocycles. The van der Waals surface area contributed by atoms with Crippen molar-refractivity contribution in [3.8, 4) is 11.5 Å². The van der Waals surface area contributed by atoms with Gasteiger partial charge in [-0.1, -0.05) is 23.3 Å². The van der Waals surface area contributed by atoms with Gasteiger partial charge in [-0.15, -0.1) is 23.2 Å². The van der Waals surface area contributed by atoms with E-state index in [4.69, 9.17) is 39.5 Å². The number of carbonyl (C=O) groups excluding carboxylic acids is 4. The summed E-state index contributed by atoms with van der Waals surface area (Å²) in [5.41, 5.74) is 1.44. The first-order chi connectivity index (χ1) is 21.8. The summed E-state index contributed by atoms with van der Waals surface area (Å²) in [5.74, 6) is -6.56. The number of carbonyl (C=O) groups is 4. The van der Waals surface area contributed by atoms with Gasteiger partial charge in [-0.25, -0.2) is 9.29 Å². The predicted octanol–water partition coefficient (Wildman–Crippen LogP) is 6.57. The summed E-state index contributed by atoms with van der Waals surface area (Å²) in [6.07, 6.45) is 1.78. The molecule has 2 saturated heterocycles. The van der Waals surface area contributed by atoms with Crippen LogP contribution in [0.25, 0.3) is 0 Å². The van der Waals surface area contributed by atoms with Gasteiger partial charge in [-0.2, -0.15) is 0 Å². The van der Waals surface area contributed by atoms with Gasteiger partial charge < -0.3 is 9.84 Å². The number of methoxy groups -OCH3 is 1. The zero-order chi connectivity index (χ0) is 32.9. The smallest absolute Gasteiger partial charge is 0.258 e. The van der Waals surface area contributed by atoms with E-state index < -0.39 is 62.9 Å². The number of amides is 4. The Labute approximate surface area is 291 Å². The lowest BCUT2D eigenvalue weighted by Gasteiger charge is -2.50. The van der Waals surface area contributed by atoms with Crippen molar-refractivity contribution in [1.29, 1.82) is 0 Å². The summed E-state index contributed by atoms with van der Waals surface area (Å²) in [4.78, 5) is 54.6. The Hall–Kier alpha value is -3.19. The van der Waals surface area contributed by atoms with Crippen molar-refractivity contribution < 1.29 is 33.4 Å². The highest BCUT2D eigenvalue weighted by molar-refractivity contribution is 14.1. The van der Waals surface area contributed by atoms with Crippen LogP contribution in [0.4, 0.5) is 15.8 Å². The van der Waals surface area contributed by atoms with Crippen LogP contribution in [-0.2, 0) is 19.2 Å². The summed E-state index contributed by atoms with van der Waals surface area (Å²) >= 11 is 22.8. The molecule has 0 bridgehead atoms. The third kappa shape index (κ3) is 4.22. The Morgan fingerprint density at radius 3 is 2.20 bits per heavy atom. The maximum absolute atomic E-state index is 14.5. The molecule has 13 heteroatoms. The highest BCUT2D eigenvalue weighted by atomic mass is 127. The molecule has 3 aromatic carbocycles. The lowest BCUT2D eigenvalue weighted by atomic mass is 9.56. The fourth-order valence-corrected chi connectivity index (χ4v) is 9.22. The highest BCUT2D eigenvalue weighted by Crippen LogP contribution is 2.66. The minimum Gasteiger partial charge on any atom is -0.504 e. The molecular weight excluding hydrogens is 773 g/mol. The molecule has 8 nitrogen and oxygen atoms in total. The van der Waals surface area contributed by atoms with E-state index in [1.165, 1.54) is 25.3 Å². The monoisotopic (exact) mass is 794 g/mol. The molecule has 6 unspecified atom stereocenters. The molecule has 7 rings (SSSR count). The van der Waals surface area contributed by atoms with Gasteiger partial charge >= 0.3 is 0 Å². The number of imide groups is 2. The van der Waals surface area contributed by atoms with Crippen molar-refractivity contribution in [3.63, 3.8) is 0 Å². The van der Waals surface area contributed by atoms with Crippen molar-refractivity contribution in [2.24, 2.45) is 17.8 Å². The number of alkyl halides is 2. The standard InChI is InChI=1S/C33H23Cl3FIN2O6/c1-46-24-13-15(12-23(38)27(24)41)26-20-10-11-21-25(29(43)39(28(21)42)18-6-2-16(34)3-7-18)22(20)14-32(35)30(44)40(31(45)33(26,32)36)19-8-4-17(37)5-9-19/h2-10,12-13,21-22,25-26,41H,11,14H2,1H3. The van der Waals surface area contributed by atoms with E-state index >= 15 is 0 Å². The number of anilines is 2. The number of hydrogen-bond donors (Lipinski definition) is 1. The van der Waals surface area contributed by atoms with E-state index in [1.807, 2.05) is 28.7 Å². The van der Waals surface area contributed by atoms with Crippen LogP contribution in [-0.4, -0.2) is 45.6 Å². The van der Waals surface area contributed by atoms with Crippen LogP contribution in [0.1, 0.15) is 24.3 Å². The van der Waals surface area contributed by atoms with Crippen LogP contribution < -0.4 is 14.5 Å². The highest BCUT2D eigenvalue weighted by Gasteiger charge is 2.76. The Morgan fingerprint density at radius 2 is 1.54 bits per heavy atom. The molecule has 3 fully saturated rings. The number of fused-ring (bicyclic) bond motifs is 4. The first kappa shape index (κ1) is 31.4. The van der Waals surface area contributed by atoms with Crippen LogP contribution in [0, 0.1) is 27.1 Å². The predicted molar refractivity (Wildman–Crippen MR) is 178 cm³/mol. The van der Waals surface area contributed by atoms with Crippen LogP contribution in [0.2, 0.25) is 5.02 Å². The van der Waals surface area contributed by atoms with Crippen LogP contribution in [0.15, 0.2) is 72.3 Å². The molecule has 46 heavy (non-hydrogen) atoms. The van der Waals surface area contributed by atoms with Crippen molar-refractivity contribution >= 4 is 92.4 Å². The maximum atomic E-state index is 14.5. The minimum absolute atomic E-state index is 0.0818. The molecule has 1 N–H and O–H groups in total. The summed E-state index contributed by atoms with van der Waals surface area (Å²) in [7, 11) is 1.38. The first-order valence-corrected chi connectivity index (χ1v) is 16.5. The summed E-state index contributed by atoms with van der Waals surface area (Å²) < 4.78 is 19.7. The normalized spacial score (nSPS) is 30.3. The van der Waals surface area contributed by atoms with E-state index in [1.54, 1.807) is 30.3 Å². The zero-order valence-corrected chi connectivity index (χ0v) is 28.3. The Kier molecular flexibility index (Phi) is 7.46. The van der Waals surface area contributed by atoms with Crippen molar-refractivity contribution in [1.82, 2.24) is 0 Å². The number of phenolic OH excluding ortho intramolecular Hbond substituents is 1. The molecule has 2 aliphatic carbocycles. The van der Waals surface area contributed by atoms with E-state index in [0.29, 0.717) is 25.4 Å². The molecule has 4 aliphatic rings. The van der Waals surface area contributed by atoms with Gasteiger partial charge in [-0.05, 0) is 108 Å². The number of benzene rings is 3. The van der Waals surface area contributed by atoms with Gasteiger partial charge in [0.05, 0.1) is 33.9 Å². The molecule has 236 valence electrons. The van der Waals surface area contributed by atoms with E-state index in [2.05, 4.69) is 0 Å². The molecule has 1 saturated carbocycles. The lowest BCUT2D eigenvalue weighted by Crippen LogP contribution is -2.60.